The minimum Gasteiger partial charge on any atom is -0.314 e. The second-order valence-electron chi connectivity index (χ2n) is 6.83. The van der Waals surface area contributed by atoms with Crippen LogP contribution in [-0.2, 0) is 0 Å². The lowest BCUT2D eigenvalue weighted by Crippen LogP contribution is -2.57. The number of aryl methyl sites for hydroxylation is 1. The van der Waals surface area contributed by atoms with Crippen LogP contribution in [0.25, 0.3) is 20.2 Å². The molecule has 134 valence electrons. The van der Waals surface area contributed by atoms with Gasteiger partial charge in [0.15, 0.2) is 5.43 Å². The molecule has 0 radical (unpaired) electrons. The van der Waals surface area contributed by atoms with Gasteiger partial charge in [-0.15, -0.1) is 11.3 Å². The highest BCUT2D eigenvalue weighted by Gasteiger charge is 2.20. The van der Waals surface area contributed by atoms with Crippen LogP contribution in [0.4, 0.5) is 0 Å². The molecule has 1 aliphatic rings. The molecule has 0 saturated carbocycles. The van der Waals surface area contributed by atoms with E-state index in [1.54, 1.807) is 23.5 Å². The van der Waals surface area contributed by atoms with Crippen LogP contribution in [0.15, 0.2) is 41.2 Å². The summed E-state index contributed by atoms with van der Waals surface area (Å²) in [5.41, 5.74) is 4.66. The van der Waals surface area contributed by atoms with E-state index >= 15 is 0 Å². The number of rotatable bonds is 2. The molecule has 1 aromatic heterocycles. The van der Waals surface area contributed by atoms with E-state index in [1.165, 1.54) is 0 Å². The molecule has 1 saturated heterocycles. The third kappa shape index (κ3) is 3.11. The Hall–Kier alpha value is -2.28. The second-order valence-corrected chi connectivity index (χ2v) is 7.91. The van der Waals surface area contributed by atoms with Gasteiger partial charge in [0.1, 0.15) is 0 Å². The normalized spacial score (nSPS) is 18.3. The first-order valence-corrected chi connectivity index (χ1v) is 9.60. The first kappa shape index (κ1) is 17.1. The van der Waals surface area contributed by atoms with Crippen molar-refractivity contribution in [3.63, 3.8) is 0 Å². The third-order valence-electron chi connectivity index (χ3n) is 4.83. The number of nitrogens with one attached hydrogen (secondary N) is 2. The average Bonchev–Trinajstić information content (AvgIpc) is 2.64. The summed E-state index contributed by atoms with van der Waals surface area (Å²) in [4.78, 5) is 25.4. The van der Waals surface area contributed by atoms with Gasteiger partial charge in [-0.05, 0) is 44.2 Å². The van der Waals surface area contributed by atoms with Crippen molar-refractivity contribution >= 4 is 37.4 Å². The second kappa shape index (κ2) is 6.79. The number of nitrogens with zero attached hydrogens (tertiary/aromatic N) is 1. The zero-order valence-electron chi connectivity index (χ0n) is 14.8. The molecule has 26 heavy (non-hydrogen) atoms. The quantitative estimate of drug-likeness (QED) is 0.684. The minimum absolute atomic E-state index is 0.0279. The number of hydrogen-bond donors (Lipinski definition) is 2. The number of hydrazine groups is 1. The van der Waals surface area contributed by atoms with Gasteiger partial charge in [0, 0.05) is 51.4 Å². The van der Waals surface area contributed by atoms with Gasteiger partial charge < -0.3 is 5.32 Å². The van der Waals surface area contributed by atoms with Crippen molar-refractivity contribution in [1.82, 2.24) is 15.8 Å². The Labute approximate surface area is 155 Å². The Balaban J connectivity index is 1.71. The molecule has 1 fully saturated rings. The molecule has 1 amide bonds. The molecule has 3 aromatic rings. The molecule has 2 aromatic carbocycles. The highest BCUT2D eigenvalue weighted by atomic mass is 32.1. The molecule has 0 spiro atoms. The standard InChI is InChI=1S/C20H21N3O2S/c1-12-3-6-17-16(9-12)19(24)15-5-4-14(10-18(15)26-17)20(25)22-23-8-7-21-11-13(23)2/h3-6,9-10,13,21H,7-8,11H2,1-2H3,(H,22,25). The summed E-state index contributed by atoms with van der Waals surface area (Å²) in [7, 11) is 0. The number of benzene rings is 2. The maximum Gasteiger partial charge on any atom is 0.265 e. The number of piperazine rings is 1. The van der Waals surface area contributed by atoms with Gasteiger partial charge in [0.2, 0.25) is 0 Å². The number of carbonyl (C=O) groups is 1. The minimum atomic E-state index is -0.135. The topological polar surface area (TPSA) is 61.4 Å². The Morgan fingerprint density at radius 1 is 1.19 bits per heavy atom. The van der Waals surface area contributed by atoms with Gasteiger partial charge >= 0.3 is 0 Å². The number of carbonyl (C=O) groups excluding carboxylic acids is 1. The highest BCUT2D eigenvalue weighted by Crippen LogP contribution is 2.26. The zero-order chi connectivity index (χ0) is 18.3. The van der Waals surface area contributed by atoms with E-state index in [9.17, 15) is 9.59 Å². The van der Waals surface area contributed by atoms with E-state index in [2.05, 4.69) is 17.7 Å². The number of fused-ring (bicyclic) bond motifs is 2. The summed E-state index contributed by atoms with van der Waals surface area (Å²) in [6, 6.07) is 11.5. The van der Waals surface area contributed by atoms with E-state index in [-0.39, 0.29) is 17.4 Å². The molecular weight excluding hydrogens is 346 g/mol. The van der Waals surface area contributed by atoms with Gasteiger partial charge in [-0.3, -0.25) is 15.0 Å². The summed E-state index contributed by atoms with van der Waals surface area (Å²) in [5.74, 6) is -0.135. The van der Waals surface area contributed by atoms with Crippen LogP contribution in [0, 0.1) is 6.92 Å². The Morgan fingerprint density at radius 3 is 2.85 bits per heavy atom. The fourth-order valence-electron chi connectivity index (χ4n) is 3.31. The number of hydrogen-bond acceptors (Lipinski definition) is 5. The van der Waals surface area contributed by atoms with E-state index in [0.29, 0.717) is 10.9 Å². The van der Waals surface area contributed by atoms with Crippen molar-refractivity contribution in [3.05, 3.63) is 57.7 Å². The van der Waals surface area contributed by atoms with Crippen LogP contribution in [0.2, 0.25) is 0 Å². The van der Waals surface area contributed by atoms with Gasteiger partial charge in [-0.2, -0.15) is 0 Å². The molecule has 5 nitrogen and oxygen atoms in total. The summed E-state index contributed by atoms with van der Waals surface area (Å²) >= 11 is 1.55. The average molecular weight is 367 g/mol. The van der Waals surface area contributed by atoms with Gasteiger partial charge in [0.25, 0.3) is 5.91 Å². The van der Waals surface area contributed by atoms with Crippen LogP contribution in [0.3, 0.4) is 0 Å². The Morgan fingerprint density at radius 2 is 2.04 bits per heavy atom. The van der Waals surface area contributed by atoms with Crippen molar-refractivity contribution in [1.29, 1.82) is 0 Å². The highest BCUT2D eigenvalue weighted by molar-refractivity contribution is 7.24. The summed E-state index contributed by atoms with van der Waals surface area (Å²) in [5, 5.41) is 6.68. The van der Waals surface area contributed by atoms with E-state index in [0.717, 1.165) is 40.0 Å². The molecule has 4 rings (SSSR count). The van der Waals surface area contributed by atoms with E-state index < -0.39 is 0 Å². The molecular formula is C20H21N3O2S. The fraction of sp³-hybridized carbons (Fsp3) is 0.300. The van der Waals surface area contributed by atoms with Crippen molar-refractivity contribution in [2.24, 2.45) is 0 Å². The van der Waals surface area contributed by atoms with Gasteiger partial charge in [-0.25, -0.2) is 5.01 Å². The van der Waals surface area contributed by atoms with Crippen LogP contribution in [-0.4, -0.2) is 36.6 Å². The Kier molecular flexibility index (Phi) is 4.48. The molecule has 1 unspecified atom stereocenters. The molecule has 2 N–H and O–H groups in total. The van der Waals surface area contributed by atoms with Crippen molar-refractivity contribution in [3.8, 4) is 0 Å². The molecule has 2 heterocycles. The van der Waals surface area contributed by atoms with E-state index in [4.69, 9.17) is 0 Å². The van der Waals surface area contributed by atoms with Gasteiger partial charge in [0.05, 0.1) is 0 Å². The van der Waals surface area contributed by atoms with E-state index in [1.807, 2.05) is 36.2 Å². The maximum atomic E-state index is 12.8. The maximum absolute atomic E-state index is 12.8. The fourth-order valence-corrected chi connectivity index (χ4v) is 4.40. The molecule has 0 bridgehead atoms. The molecule has 0 aliphatic carbocycles. The monoisotopic (exact) mass is 367 g/mol. The first-order valence-electron chi connectivity index (χ1n) is 8.78. The van der Waals surface area contributed by atoms with Crippen LogP contribution >= 0.6 is 11.3 Å². The van der Waals surface area contributed by atoms with Crippen LogP contribution < -0.4 is 16.2 Å². The Bertz CT molecular complexity index is 1060. The van der Waals surface area contributed by atoms with Crippen molar-refractivity contribution < 1.29 is 4.79 Å². The smallest absolute Gasteiger partial charge is 0.265 e. The SMILES string of the molecule is Cc1ccc2sc3cc(C(=O)NN4CCNCC4C)ccc3c(=O)c2c1. The van der Waals surface area contributed by atoms with Crippen LogP contribution in [0.5, 0.6) is 0 Å². The largest absolute Gasteiger partial charge is 0.314 e. The van der Waals surface area contributed by atoms with Crippen molar-refractivity contribution in [2.45, 2.75) is 19.9 Å². The lowest BCUT2D eigenvalue weighted by Gasteiger charge is -2.33. The predicted molar refractivity (Wildman–Crippen MR) is 107 cm³/mol. The third-order valence-corrected chi connectivity index (χ3v) is 5.97. The summed E-state index contributed by atoms with van der Waals surface area (Å²) < 4.78 is 1.79. The molecule has 1 aliphatic heterocycles. The predicted octanol–water partition coefficient (Wildman–Crippen LogP) is 2.66. The summed E-state index contributed by atoms with van der Waals surface area (Å²) in [6.07, 6.45) is 0. The molecule has 1 atom stereocenters. The lowest BCUT2D eigenvalue weighted by atomic mass is 10.1. The van der Waals surface area contributed by atoms with Gasteiger partial charge in [-0.1, -0.05) is 11.6 Å². The summed E-state index contributed by atoms with van der Waals surface area (Å²) in [6.45, 7) is 6.54. The lowest BCUT2D eigenvalue weighted by molar-refractivity contribution is 0.0647. The zero-order valence-corrected chi connectivity index (χ0v) is 15.7. The number of amides is 1. The van der Waals surface area contributed by atoms with Crippen molar-refractivity contribution in [2.75, 3.05) is 19.6 Å². The molecule has 6 heteroatoms. The first-order chi connectivity index (χ1) is 12.5. The van der Waals surface area contributed by atoms with Crippen LogP contribution in [0.1, 0.15) is 22.8 Å².